The molecule has 0 unspecified atom stereocenters. The highest BCUT2D eigenvalue weighted by atomic mass is 15.5. The lowest BCUT2D eigenvalue weighted by atomic mass is 9.87. The molecule has 1 aliphatic heterocycles. The molecule has 1 fully saturated rings. The van der Waals surface area contributed by atoms with E-state index >= 15 is 0 Å². The summed E-state index contributed by atoms with van der Waals surface area (Å²) < 4.78 is 0. The van der Waals surface area contributed by atoms with Crippen LogP contribution in [0.1, 0.15) is 37.5 Å². The van der Waals surface area contributed by atoms with Crippen molar-refractivity contribution in [1.82, 2.24) is 5.01 Å². The van der Waals surface area contributed by atoms with Gasteiger partial charge >= 0.3 is 0 Å². The average Bonchev–Trinajstić information content (AvgIpc) is 2.62. The van der Waals surface area contributed by atoms with E-state index in [0.29, 0.717) is 0 Å². The predicted molar refractivity (Wildman–Crippen MR) is 105 cm³/mol. The third-order valence-corrected chi connectivity index (χ3v) is 4.89. The zero-order valence-electron chi connectivity index (χ0n) is 15.7. The largest absolute Gasteiger partial charge is 0.328 e. The molecular weight excluding hydrogens is 306 g/mol. The highest BCUT2D eigenvalue weighted by molar-refractivity contribution is 5.79. The van der Waals surface area contributed by atoms with Crippen LogP contribution in [0.15, 0.2) is 59.7 Å². The third-order valence-electron chi connectivity index (χ3n) is 4.89. The molecule has 0 aliphatic carbocycles. The van der Waals surface area contributed by atoms with Gasteiger partial charge in [-0.25, -0.2) is 0 Å². The smallest absolute Gasteiger partial charge is 0.103 e. The van der Waals surface area contributed by atoms with Gasteiger partial charge in [0.1, 0.15) is 6.54 Å². The third kappa shape index (κ3) is 5.17. The predicted octanol–water partition coefficient (Wildman–Crippen LogP) is 2.72. The van der Waals surface area contributed by atoms with Crippen LogP contribution in [0.5, 0.6) is 0 Å². The lowest BCUT2D eigenvalue weighted by Gasteiger charge is -2.30. The summed E-state index contributed by atoms with van der Waals surface area (Å²) in [7, 11) is 0. The van der Waals surface area contributed by atoms with E-state index < -0.39 is 0 Å². The number of nitrogens with one attached hydrogen (secondary N) is 1. The number of hydrazone groups is 1. The lowest BCUT2D eigenvalue weighted by Crippen LogP contribution is -3.13. The molecule has 3 nitrogen and oxygen atoms in total. The van der Waals surface area contributed by atoms with Crippen molar-refractivity contribution in [2.75, 3.05) is 26.2 Å². The summed E-state index contributed by atoms with van der Waals surface area (Å²) in [6.45, 7) is 12.2. The molecular formula is C22H30N3+. The van der Waals surface area contributed by atoms with E-state index in [1.807, 2.05) is 6.21 Å². The molecule has 1 heterocycles. The molecule has 0 aromatic heterocycles. The second-order valence-corrected chi connectivity index (χ2v) is 7.98. The number of nitrogens with zero attached hydrogens (tertiary/aromatic N) is 2. The van der Waals surface area contributed by atoms with Crippen LogP contribution in [0.4, 0.5) is 0 Å². The van der Waals surface area contributed by atoms with E-state index in [1.54, 1.807) is 4.90 Å². The first-order valence-corrected chi connectivity index (χ1v) is 9.28. The molecule has 3 heteroatoms. The summed E-state index contributed by atoms with van der Waals surface area (Å²) in [5.74, 6) is 0. The number of rotatable bonds is 4. The van der Waals surface area contributed by atoms with Gasteiger partial charge in [0.15, 0.2) is 0 Å². The fraction of sp³-hybridized carbons (Fsp3) is 0.409. The summed E-state index contributed by atoms with van der Waals surface area (Å²) in [4.78, 5) is 1.65. The molecule has 0 atom stereocenters. The quantitative estimate of drug-likeness (QED) is 0.851. The van der Waals surface area contributed by atoms with Gasteiger partial charge in [-0.1, -0.05) is 75.4 Å². The zero-order valence-corrected chi connectivity index (χ0v) is 15.7. The minimum Gasteiger partial charge on any atom is -0.328 e. The SMILES string of the molecule is CC(C)(C)c1ccc(/C=N/N2CC[NH+](Cc3ccccc3)CC2)cc1. The van der Waals surface area contributed by atoms with Crippen molar-refractivity contribution in [3.8, 4) is 0 Å². The summed E-state index contributed by atoms with van der Waals surface area (Å²) in [5.41, 5.74) is 4.16. The van der Waals surface area contributed by atoms with Gasteiger partial charge in [0.25, 0.3) is 0 Å². The highest BCUT2D eigenvalue weighted by Gasteiger charge is 2.18. The fourth-order valence-electron chi connectivity index (χ4n) is 3.21. The van der Waals surface area contributed by atoms with E-state index in [9.17, 15) is 0 Å². The Labute approximate surface area is 152 Å². The van der Waals surface area contributed by atoms with Gasteiger partial charge in [-0.15, -0.1) is 0 Å². The Hall–Kier alpha value is -2.13. The van der Waals surface area contributed by atoms with Gasteiger partial charge in [0.2, 0.25) is 0 Å². The Balaban J connectivity index is 1.49. The molecule has 0 amide bonds. The molecule has 25 heavy (non-hydrogen) atoms. The molecule has 0 radical (unpaired) electrons. The van der Waals surface area contributed by atoms with Crippen LogP contribution in [0.25, 0.3) is 0 Å². The number of quaternary nitrogens is 1. The Morgan fingerprint density at radius 2 is 1.60 bits per heavy atom. The van der Waals surface area contributed by atoms with Crippen molar-refractivity contribution in [1.29, 1.82) is 0 Å². The second kappa shape index (κ2) is 7.83. The summed E-state index contributed by atoms with van der Waals surface area (Å²) in [5, 5.41) is 6.88. The molecule has 0 spiro atoms. The number of benzene rings is 2. The van der Waals surface area contributed by atoms with E-state index in [4.69, 9.17) is 0 Å². The molecule has 2 aromatic carbocycles. The summed E-state index contributed by atoms with van der Waals surface area (Å²) in [6.07, 6.45) is 1.99. The zero-order chi connectivity index (χ0) is 17.7. The first kappa shape index (κ1) is 17.7. The maximum atomic E-state index is 4.68. The minimum absolute atomic E-state index is 0.202. The summed E-state index contributed by atoms with van der Waals surface area (Å²) >= 11 is 0. The fourth-order valence-corrected chi connectivity index (χ4v) is 3.21. The van der Waals surface area contributed by atoms with Gasteiger partial charge in [0, 0.05) is 5.56 Å². The van der Waals surface area contributed by atoms with E-state index in [1.165, 1.54) is 16.7 Å². The van der Waals surface area contributed by atoms with Gasteiger partial charge in [0.05, 0.1) is 32.4 Å². The van der Waals surface area contributed by atoms with Crippen LogP contribution in [0, 0.1) is 0 Å². The van der Waals surface area contributed by atoms with Crippen molar-refractivity contribution in [3.63, 3.8) is 0 Å². The summed E-state index contributed by atoms with van der Waals surface area (Å²) in [6, 6.07) is 19.5. The van der Waals surface area contributed by atoms with Crippen LogP contribution in [0.3, 0.4) is 0 Å². The van der Waals surface area contributed by atoms with Crippen molar-refractivity contribution in [2.45, 2.75) is 32.7 Å². The van der Waals surface area contributed by atoms with Crippen LogP contribution >= 0.6 is 0 Å². The van der Waals surface area contributed by atoms with E-state index in [-0.39, 0.29) is 5.41 Å². The standard InChI is InChI=1S/C22H29N3/c1-22(2,3)21-11-9-19(10-12-21)17-23-25-15-13-24(14-16-25)18-20-7-5-4-6-8-20/h4-12,17H,13-16,18H2,1-3H3/p+1/b23-17+. The maximum absolute atomic E-state index is 4.68. The Bertz CT molecular complexity index is 675. The molecule has 1 aliphatic rings. The van der Waals surface area contributed by atoms with Crippen LogP contribution < -0.4 is 4.90 Å². The number of hydrogen-bond acceptors (Lipinski definition) is 2. The Kier molecular flexibility index (Phi) is 5.54. The van der Waals surface area contributed by atoms with Crippen molar-refractivity contribution < 1.29 is 4.90 Å². The van der Waals surface area contributed by atoms with Crippen LogP contribution in [-0.4, -0.2) is 37.4 Å². The van der Waals surface area contributed by atoms with Crippen LogP contribution in [0.2, 0.25) is 0 Å². The van der Waals surface area contributed by atoms with Gasteiger partial charge in [-0.2, -0.15) is 5.10 Å². The number of piperazine rings is 1. The molecule has 1 saturated heterocycles. The lowest BCUT2D eigenvalue weighted by molar-refractivity contribution is -0.918. The van der Waals surface area contributed by atoms with Crippen molar-refractivity contribution in [3.05, 3.63) is 71.3 Å². The molecule has 0 bridgehead atoms. The molecule has 132 valence electrons. The minimum atomic E-state index is 0.202. The van der Waals surface area contributed by atoms with E-state index in [2.05, 4.69) is 85.5 Å². The van der Waals surface area contributed by atoms with Gasteiger partial charge < -0.3 is 4.90 Å². The van der Waals surface area contributed by atoms with Crippen molar-refractivity contribution in [2.24, 2.45) is 5.10 Å². The van der Waals surface area contributed by atoms with Gasteiger partial charge in [-0.05, 0) is 16.5 Å². The monoisotopic (exact) mass is 336 g/mol. The second-order valence-electron chi connectivity index (χ2n) is 7.98. The maximum Gasteiger partial charge on any atom is 0.103 e. The topological polar surface area (TPSA) is 20.0 Å². The average molecular weight is 337 g/mol. The first-order valence-electron chi connectivity index (χ1n) is 9.28. The normalized spacial score (nSPS) is 16.5. The Morgan fingerprint density at radius 3 is 2.20 bits per heavy atom. The first-order chi connectivity index (χ1) is 12.0. The molecule has 0 saturated carbocycles. The highest BCUT2D eigenvalue weighted by Crippen LogP contribution is 2.21. The van der Waals surface area contributed by atoms with Crippen molar-refractivity contribution >= 4 is 6.21 Å². The van der Waals surface area contributed by atoms with Gasteiger partial charge in [-0.3, -0.25) is 5.01 Å². The van der Waals surface area contributed by atoms with E-state index in [0.717, 1.165) is 32.7 Å². The molecule has 3 rings (SSSR count). The Morgan fingerprint density at radius 1 is 0.960 bits per heavy atom. The molecule has 2 aromatic rings. The molecule has 1 N–H and O–H groups in total. The van der Waals surface area contributed by atoms with Crippen LogP contribution in [-0.2, 0) is 12.0 Å². The number of hydrogen-bond donors (Lipinski definition) is 1.